The van der Waals surface area contributed by atoms with E-state index in [1.165, 1.54) is 41.5 Å². The highest BCUT2D eigenvalue weighted by Gasteiger charge is 2.42. The van der Waals surface area contributed by atoms with Crippen molar-refractivity contribution in [1.29, 1.82) is 5.26 Å². The lowest BCUT2D eigenvalue weighted by atomic mass is 9.70. The molecule has 0 heterocycles. The van der Waals surface area contributed by atoms with E-state index in [9.17, 15) is 5.26 Å². The van der Waals surface area contributed by atoms with Gasteiger partial charge in [0, 0.05) is 23.0 Å². The fourth-order valence-electron chi connectivity index (χ4n) is 4.46. The van der Waals surface area contributed by atoms with Gasteiger partial charge in [0.25, 0.3) is 0 Å². The van der Waals surface area contributed by atoms with Crippen molar-refractivity contribution >= 4 is 0 Å². The number of rotatable bonds is 7. The van der Waals surface area contributed by atoms with Crippen LogP contribution in [0.4, 0.5) is 0 Å². The Bertz CT molecular complexity index is 896. The summed E-state index contributed by atoms with van der Waals surface area (Å²) in [5.74, 6) is 5.56. The van der Waals surface area contributed by atoms with E-state index in [1.807, 2.05) is 12.1 Å². The van der Waals surface area contributed by atoms with Gasteiger partial charge in [0.05, 0.1) is 6.07 Å². The van der Waals surface area contributed by atoms with E-state index < -0.39 is 0 Å². The Labute approximate surface area is 163 Å². The van der Waals surface area contributed by atoms with E-state index in [1.54, 1.807) is 0 Å². The normalized spacial score (nSPS) is 13.1. The molecule has 2 aromatic carbocycles. The van der Waals surface area contributed by atoms with Crippen LogP contribution in [0, 0.1) is 36.0 Å². The highest BCUT2D eigenvalue weighted by Crippen LogP contribution is 2.54. The van der Waals surface area contributed by atoms with Crippen LogP contribution >= 0.6 is 0 Å². The highest BCUT2D eigenvalue weighted by atomic mass is 14.4. The van der Waals surface area contributed by atoms with Crippen molar-refractivity contribution in [3.63, 3.8) is 0 Å². The molecule has 0 aromatic heterocycles. The van der Waals surface area contributed by atoms with Gasteiger partial charge in [-0.05, 0) is 59.4 Å². The van der Waals surface area contributed by atoms with E-state index in [-0.39, 0.29) is 5.41 Å². The predicted molar refractivity (Wildman–Crippen MR) is 112 cm³/mol. The van der Waals surface area contributed by atoms with Crippen molar-refractivity contribution in [3.8, 4) is 41.9 Å². The highest BCUT2D eigenvalue weighted by molar-refractivity contribution is 5.82. The first-order chi connectivity index (χ1) is 13.2. The van der Waals surface area contributed by atoms with Crippen LogP contribution in [0.1, 0.15) is 74.1 Å². The van der Waals surface area contributed by atoms with E-state index in [0.717, 1.165) is 30.4 Å². The fourth-order valence-corrected chi connectivity index (χ4v) is 4.46. The second kappa shape index (κ2) is 8.16. The van der Waals surface area contributed by atoms with Crippen LogP contribution in [0.2, 0.25) is 0 Å². The van der Waals surface area contributed by atoms with Crippen LogP contribution < -0.4 is 0 Å². The molecule has 134 valence electrons. The molecule has 27 heavy (non-hydrogen) atoms. The number of terminal acetylenes is 2. The number of unbranched alkanes of at least 4 members (excludes halogenated alkanes) is 3. The number of benzene rings is 2. The molecule has 1 nitrogen and oxygen atoms in total. The Hall–Kier alpha value is -2.95. The number of nitrogens with zero attached hydrogens (tertiary/aromatic N) is 1. The topological polar surface area (TPSA) is 23.8 Å². The van der Waals surface area contributed by atoms with Crippen LogP contribution in [-0.4, -0.2) is 0 Å². The summed E-state index contributed by atoms with van der Waals surface area (Å²) in [5.41, 5.74) is 6.64. The molecule has 1 aliphatic rings. The first-order valence-corrected chi connectivity index (χ1v) is 9.79. The Morgan fingerprint density at radius 1 is 0.852 bits per heavy atom. The third-order valence-corrected chi connectivity index (χ3v) is 5.81. The van der Waals surface area contributed by atoms with Gasteiger partial charge < -0.3 is 0 Å². The Morgan fingerprint density at radius 2 is 1.44 bits per heavy atom. The molecule has 1 heteroatoms. The van der Waals surface area contributed by atoms with Gasteiger partial charge in [0.15, 0.2) is 0 Å². The van der Waals surface area contributed by atoms with Gasteiger partial charge in [-0.25, -0.2) is 0 Å². The van der Waals surface area contributed by atoms with E-state index in [2.05, 4.69) is 49.1 Å². The Morgan fingerprint density at radius 3 is 1.93 bits per heavy atom. The molecule has 2 aromatic rings. The SMILES string of the molecule is C#Cc1ccc2c(c1)C(CCC#N)(CCCCCC)c1cc(C#C)ccc1-2. The monoisotopic (exact) mass is 351 g/mol. The quantitative estimate of drug-likeness (QED) is 0.431. The lowest BCUT2D eigenvalue weighted by Gasteiger charge is -2.32. The molecule has 0 fully saturated rings. The van der Waals surface area contributed by atoms with Crippen molar-refractivity contribution < 1.29 is 0 Å². The van der Waals surface area contributed by atoms with Crippen molar-refractivity contribution in [2.75, 3.05) is 0 Å². The summed E-state index contributed by atoms with van der Waals surface area (Å²) in [6.07, 6.45) is 18.5. The first kappa shape index (κ1) is 18.8. The average Bonchev–Trinajstić information content (AvgIpc) is 2.98. The van der Waals surface area contributed by atoms with E-state index in [0.29, 0.717) is 6.42 Å². The van der Waals surface area contributed by atoms with Crippen LogP contribution in [0.25, 0.3) is 11.1 Å². The molecule has 1 aliphatic carbocycles. The average molecular weight is 351 g/mol. The van der Waals surface area contributed by atoms with Crippen molar-refractivity contribution in [2.24, 2.45) is 0 Å². The second-order valence-corrected chi connectivity index (χ2v) is 7.36. The Balaban J connectivity index is 2.18. The van der Waals surface area contributed by atoms with Gasteiger partial charge in [-0.1, -0.05) is 56.6 Å². The summed E-state index contributed by atoms with van der Waals surface area (Å²) in [6.45, 7) is 2.23. The van der Waals surface area contributed by atoms with Crippen LogP contribution in [0.3, 0.4) is 0 Å². The summed E-state index contributed by atoms with van der Waals surface area (Å²) < 4.78 is 0. The molecule has 0 saturated carbocycles. The summed E-state index contributed by atoms with van der Waals surface area (Å²) in [6, 6.07) is 15.0. The van der Waals surface area contributed by atoms with Crippen molar-refractivity contribution in [3.05, 3.63) is 58.7 Å². The molecule has 0 N–H and O–H groups in total. The zero-order valence-electron chi connectivity index (χ0n) is 16.0. The molecule has 0 saturated heterocycles. The van der Waals surface area contributed by atoms with Crippen LogP contribution in [-0.2, 0) is 5.41 Å². The molecular formula is C26H25N. The van der Waals surface area contributed by atoms with E-state index >= 15 is 0 Å². The molecule has 0 bridgehead atoms. The lowest BCUT2D eigenvalue weighted by molar-refractivity contribution is 0.425. The van der Waals surface area contributed by atoms with Crippen molar-refractivity contribution in [1.82, 2.24) is 0 Å². The summed E-state index contributed by atoms with van der Waals surface area (Å²) in [5, 5.41) is 9.33. The van der Waals surface area contributed by atoms with Crippen LogP contribution in [0.5, 0.6) is 0 Å². The smallest absolute Gasteiger partial charge is 0.0622 e. The molecule has 3 rings (SSSR count). The Kier molecular flexibility index (Phi) is 5.69. The molecule has 0 spiro atoms. The molecule has 0 aliphatic heterocycles. The minimum absolute atomic E-state index is 0.173. The molecule has 0 atom stereocenters. The number of hydrogen-bond acceptors (Lipinski definition) is 1. The number of fused-ring (bicyclic) bond motifs is 3. The van der Waals surface area contributed by atoms with Gasteiger partial charge in [-0.2, -0.15) is 5.26 Å². The number of nitriles is 1. The van der Waals surface area contributed by atoms with Gasteiger partial charge >= 0.3 is 0 Å². The van der Waals surface area contributed by atoms with E-state index in [4.69, 9.17) is 12.8 Å². The van der Waals surface area contributed by atoms with Gasteiger partial charge in [0.1, 0.15) is 0 Å². The minimum Gasteiger partial charge on any atom is -0.198 e. The summed E-state index contributed by atoms with van der Waals surface area (Å²) >= 11 is 0. The number of hydrogen-bond donors (Lipinski definition) is 0. The van der Waals surface area contributed by atoms with Crippen molar-refractivity contribution in [2.45, 2.75) is 57.3 Å². The maximum absolute atomic E-state index is 9.33. The summed E-state index contributed by atoms with van der Waals surface area (Å²) in [7, 11) is 0. The third kappa shape index (κ3) is 3.37. The minimum atomic E-state index is -0.173. The zero-order chi connectivity index (χ0) is 19.3. The largest absolute Gasteiger partial charge is 0.198 e. The van der Waals surface area contributed by atoms with Gasteiger partial charge in [0.2, 0.25) is 0 Å². The zero-order valence-corrected chi connectivity index (χ0v) is 16.0. The maximum Gasteiger partial charge on any atom is 0.0622 e. The van der Waals surface area contributed by atoms with Crippen LogP contribution in [0.15, 0.2) is 36.4 Å². The standard InChI is InChI=1S/C26H25N/c1-4-7-8-9-15-26(16-10-17-27)24-18-20(5-2)11-13-22(24)23-14-12-21(6-3)19-25(23)26/h2-3,11-14,18-19H,4,7-10,15-16H2,1H3. The fraction of sp³-hybridized carbons (Fsp3) is 0.346. The summed E-state index contributed by atoms with van der Waals surface area (Å²) in [4.78, 5) is 0. The molecule has 0 radical (unpaired) electrons. The third-order valence-electron chi connectivity index (χ3n) is 5.81. The molecular weight excluding hydrogens is 326 g/mol. The van der Waals surface area contributed by atoms with Gasteiger partial charge in [-0.3, -0.25) is 0 Å². The maximum atomic E-state index is 9.33. The second-order valence-electron chi connectivity index (χ2n) is 7.36. The first-order valence-electron chi connectivity index (χ1n) is 9.79. The van der Waals surface area contributed by atoms with Gasteiger partial charge in [-0.15, -0.1) is 12.8 Å². The lowest BCUT2D eigenvalue weighted by Crippen LogP contribution is -2.25. The molecule has 0 unspecified atom stereocenters. The molecule has 0 amide bonds. The predicted octanol–water partition coefficient (Wildman–Crippen LogP) is 6.19.